The van der Waals surface area contributed by atoms with Crippen molar-refractivity contribution in [3.8, 4) is 0 Å². The Labute approximate surface area is 162 Å². The van der Waals surface area contributed by atoms with E-state index in [1.54, 1.807) is 6.07 Å². The van der Waals surface area contributed by atoms with E-state index < -0.39 is 10.0 Å². The number of likely N-dealkylation sites (tertiary alicyclic amines) is 1. The Bertz CT molecular complexity index is 786. The summed E-state index contributed by atoms with van der Waals surface area (Å²) in [5.74, 6) is 0.0661. The van der Waals surface area contributed by atoms with Gasteiger partial charge in [0.1, 0.15) is 0 Å². The van der Waals surface area contributed by atoms with Crippen molar-refractivity contribution in [2.75, 3.05) is 26.2 Å². The second-order valence-corrected chi connectivity index (χ2v) is 9.77. The SMILES string of the molecule is Cc1ccc(S(=O)(=O)N2CCC(C(=O)N3CCCCC3CN)CC2)c(C)c1. The number of hydrogen-bond donors (Lipinski definition) is 1. The van der Waals surface area contributed by atoms with E-state index in [9.17, 15) is 13.2 Å². The molecule has 0 saturated carbocycles. The average Bonchev–Trinajstić information content (AvgIpc) is 2.67. The summed E-state index contributed by atoms with van der Waals surface area (Å²) in [5, 5.41) is 0. The van der Waals surface area contributed by atoms with Crippen molar-refractivity contribution in [3.63, 3.8) is 0 Å². The lowest BCUT2D eigenvalue weighted by Gasteiger charge is -2.39. The van der Waals surface area contributed by atoms with E-state index in [1.165, 1.54) is 4.31 Å². The molecule has 27 heavy (non-hydrogen) atoms. The van der Waals surface area contributed by atoms with Gasteiger partial charge in [-0.1, -0.05) is 17.7 Å². The van der Waals surface area contributed by atoms with Crippen molar-refractivity contribution in [1.82, 2.24) is 9.21 Å². The quantitative estimate of drug-likeness (QED) is 0.848. The molecule has 6 nitrogen and oxygen atoms in total. The van der Waals surface area contributed by atoms with Crippen LogP contribution in [0.3, 0.4) is 0 Å². The van der Waals surface area contributed by atoms with Crippen molar-refractivity contribution in [2.24, 2.45) is 11.7 Å². The van der Waals surface area contributed by atoms with Gasteiger partial charge in [-0.3, -0.25) is 4.79 Å². The largest absolute Gasteiger partial charge is 0.338 e. The van der Waals surface area contributed by atoms with Crippen LogP contribution >= 0.6 is 0 Å². The molecule has 3 rings (SSSR count). The van der Waals surface area contributed by atoms with Crippen molar-refractivity contribution in [1.29, 1.82) is 0 Å². The third kappa shape index (κ3) is 4.20. The summed E-state index contributed by atoms with van der Waals surface area (Å²) in [6.45, 7) is 5.86. The second kappa shape index (κ2) is 8.29. The molecule has 1 unspecified atom stereocenters. The van der Waals surface area contributed by atoms with Gasteiger partial charge in [0.05, 0.1) is 4.90 Å². The number of amides is 1. The van der Waals surface area contributed by atoms with E-state index in [-0.39, 0.29) is 17.9 Å². The van der Waals surface area contributed by atoms with Crippen LogP contribution < -0.4 is 5.73 Å². The van der Waals surface area contributed by atoms with Crippen LogP contribution in [0, 0.1) is 19.8 Å². The summed E-state index contributed by atoms with van der Waals surface area (Å²) < 4.78 is 27.6. The van der Waals surface area contributed by atoms with Gasteiger partial charge in [-0.15, -0.1) is 0 Å². The highest BCUT2D eigenvalue weighted by molar-refractivity contribution is 7.89. The Hall–Kier alpha value is -1.44. The summed E-state index contributed by atoms with van der Waals surface area (Å²) in [7, 11) is -3.51. The summed E-state index contributed by atoms with van der Waals surface area (Å²) >= 11 is 0. The maximum atomic E-state index is 13.0. The Morgan fingerprint density at radius 1 is 1.11 bits per heavy atom. The van der Waals surface area contributed by atoms with Crippen molar-refractivity contribution >= 4 is 15.9 Å². The molecule has 2 aliphatic rings. The molecule has 1 atom stereocenters. The number of benzene rings is 1. The highest BCUT2D eigenvalue weighted by Gasteiger charge is 2.36. The Balaban J connectivity index is 1.66. The van der Waals surface area contributed by atoms with E-state index in [1.807, 2.05) is 30.9 Å². The molecule has 1 aromatic rings. The first-order chi connectivity index (χ1) is 12.8. The van der Waals surface area contributed by atoms with Crippen LogP contribution in [0.2, 0.25) is 0 Å². The monoisotopic (exact) mass is 393 g/mol. The molecule has 0 aromatic heterocycles. The maximum absolute atomic E-state index is 13.0. The van der Waals surface area contributed by atoms with Crippen LogP contribution in [0.15, 0.2) is 23.1 Å². The minimum atomic E-state index is -3.51. The molecular weight excluding hydrogens is 362 g/mol. The van der Waals surface area contributed by atoms with Gasteiger partial charge in [0.15, 0.2) is 0 Å². The lowest BCUT2D eigenvalue weighted by atomic mass is 9.93. The zero-order valence-corrected chi connectivity index (χ0v) is 17.2. The molecule has 0 radical (unpaired) electrons. The highest BCUT2D eigenvalue weighted by atomic mass is 32.2. The van der Waals surface area contributed by atoms with Gasteiger partial charge in [-0.2, -0.15) is 4.31 Å². The topological polar surface area (TPSA) is 83.7 Å². The van der Waals surface area contributed by atoms with Gasteiger partial charge in [-0.05, 0) is 57.6 Å². The predicted molar refractivity (Wildman–Crippen MR) is 106 cm³/mol. The number of nitrogens with two attached hydrogens (primary N) is 1. The number of piperidine rings is 2. The van der Waals surface area contributed by atoms with E-state index in [0.29, 0.717) is 37.4 Å². The zero-order chi connectivity index (χ0) is 19.6. The van der Waals surface area contributed by atoms with Gasteiger partial charge in [0.25, 0.3) is 0 Å². The first-order valence-corrected chi connectivity index (χ1v) is 11.4. The van der Waals surface area contributed by atoms with E-state index in [2.05, 4.69) is 0 Å². The fraction of sp³-hybridized carbons (Fsp3) is 0.650. The van der Waals surface area contributed by atoms with E-state index >= 15 is 0 Å². The average molecular weight is 394 g/mol. The molecule has 2 aliphatic heterocycles. The predicted octanol–water partition coefficient (Wildman–Crippen LogP) is 2.04. The number of carbonyl (C=O) groups excluding carboxylic acids is 1. The molecule has 1 amide bonds. The van der Waals surface area contributed by atoms with E-state index in [0.717, 1.165) is 36.9 Å². The minimum Gasteiger partial charge on any atom is -0.338 e. The molecule has 2 saturated heterocycles. The van der Waals surface area contributed by atoms with Crippen molar-refractivity contribution in [3.05, 3.63) is 29.3 Å². The Morgan fingerprint density at radius 2 is 1.81 bits per heavy atom. The van der Waals surface area contributed by atoms with Crippen LogP contribution in [0.4, 0.5) is 0 Å². The summed E-state index contributed by atoms with van der Waals surface area (Å²) in [5.41, 5.74) is 7.67. The number of rotatable bonds is 4. The fourth-order valence-electron chi connectivity index (χ4n) is 4.34. The first kappa shape index (κ1) is 20.3. The fourth-order valence-corrected chi connectivity index (χ4v) is 6.02. The van der Waals surface area contributed by atoms with E-state index in [4.69, 9.17) is 5.73 Å². The summed E-state index contributed by atoms with van der Waals surface area (Å²) in [6, 6.07) is 5.56. The summed E-state index contributed by atoms with van der Waals surface area (Å²) in [6.07, 6.45) is 4.29. The lowest BCUT2D eigenvalue weighted by molar-refractivity contribution is -0.140. The zero-order valence-electron chi connectivity index (χ0n) is 16.4. The normalized spacial score (nSPS) is 22.8. The molecule has 7 heteroatoms. The smallest absolute Gasteiger partial charge is 0.243 e. The number of aryl methyl sites for hydroxylation is 2. The second-order valence-electron chi connectivity index (χ2n) is 7.86. The van der Waals surface area contributed by atoms with Crippen LogP contribution in [0.25, 0.3) is 0 Å². The van der Waals surface area contributed by atoms with Gasteiger partial charge < -0.3 is 10.6 Å². The van der Waals surface area contributed by atoms with Crippen LogP contribution in [-0.4, -0.2) is 55.8 Å². The number of sulfonamides is 1. The molecule has 0 aliphatic carbocycles. The van der Waals surface area contributed by atoms with Crippen LogP contribution in [-0.2, 0) is 14.8 Å². The standard InChI is InChI=1S/C20H31N3O3S/c1-15-6-7-19(16(2)13-15)27(25,26)22-11-8-17(9-12-22)20(24)23-10-4-3-5-18(23)14-21/h6-7,13,17-18H,3-5,8-12,14,21H2,1-2H3. The molecule has 2 N–H and O–H groups in total. The molecule has 2 heterocycles. The van der Waals surface area contributed by atoms with Crippen LogP contribution in [0.5, 0.6) is 0 Å². The molecule has 2 fully saturated rings. The Morgan fingerprint density at radius 3 is 2.44 bits per heavy atom. The highest BCUT2D eigenvalue weighted by Crippen LogP contribution is 2.28. The van der Waals surface area contributed by atoms with Crippen molar-refractivity contribution < 1.29 is 13.2 Å². The molecule has 0 bridgehead atoms. The number of hydrogen-bond acceptors (Lipinski definition) is 4. The maximum Gasteiger partial charge on any atom is 0.243 e. The first-order valence-electron chi connectivity index (χ1n) is 9.92. The van der Waals surface area contributed by atoms with Gasteiger partial charge in [0.2, 0.25) is 15.9 Å². The summed E-state index contributed by atoms with van der Waals surface area (Å²) in [4.78, 5) is 15.3. The van der Waals surface area contributed by atoms with Gasteiger partial charge >= 0.3 is 0 Å². The van der Waals surface area contributed by atoms with Crippen LogP contribution in [0.1, 0.15) is 43.2 Å². The molecule has 0 spiro atoms. The third-order valence-corrected chi connectivity index (χ3v) is 7.99. The lowest BCUT2D eigenvalue weighted by Crippen LogP contribution is -2.51. The number of nitrogens with zero attached hydrogens (tertiary/aromatic N) is 2. The van der Waals surface area contributed by atoms with Gasteiger partial charge in [-0.25, -0.2) is 8.42 Å². The number of carbonyl (C=O) groups is 1. The third-order valence-electron chi connectivity index (χ3n) is 5.93. The molecular formula is C20H31N3O3S. The Kier molecular flexibility index (Phi) is 6.23. The van der Waals surface area contributed by atoms with Gasteiger partial charge in [0, 0.05) is 38.1 Å². The molecule has 150 valence electrons. The molecule has 1 aromatic carbocycles. The minimum absolute atomic E-state index is 0.0947. The van der Waals surface area contributed by atoms with Crippen molar-refractivity contribution in [2.45, 2.75) is 56.9 Å².